The first-order chi connectivity index (χ1) is 10.7. The summed E-state index contributed by atoms with van der Waals surface area (Å²) >= 11 is 3.58. The van der Waals surface area contributed by atoms with Crippen LogP contribution in [-0.2, 0) is 9.53 Å². The third-order valence-electron chi connectivity index (χ3n) is 4.39. The summed E-state index contributed by atoms with van der Waals surface area (Å²) in [5.74, 6) is 0.00919. The molecule has 1 aromatic carbocycles. The van der Waals surface area contributed by atoms with Crippen molar-refractivity contribution in [1.82, 2.24) is 5.32 Å². The van der Waals surface area contributed by atoms with Crippen LogP contribution in [-0.4, -0.2) is 43.8 Å². The van der Waals surface area contributed by atoms with Gasteiger partial charge in [-0.05, 0) is 47.3 Å². The summed E-state index contributed by atoms with van der Waals surface area (Å²) in [5, 5.41) is 3.12. The predicted molar refractivity (Wildman–Crippen MR) is 89.9 cm³/mol. The SMILES string of the molecule is NC[C@H]1CC[C@@H](C(=O)NC2CCN(c3ccccc3Br)C2)O1. The van der Waals surface area contributed by atoms with Crippen LogP contribution in [0.1, 0.15) is 19.3 Å². The number of anilines is 1. The molecule has 2 aliphatic rings. The molecule has 3 N–H and O–H groups in total. The van der Waals surface area contributed by atoms with Crippen LogP contribution >= 0.6 is 15.9 Å². The maximum absolute atomic E-state index is 12.3. The van der Waals surface area contributed by atoms with Crippen molar-refractivity contribution < 1.29 is 9.53 Å². The summed E-state index contributed by atoms with van der Waals surface area (Å²) < 4.78 is 6.74. The third kappa shape index (κ3) is 3.45. The van der Waals surface area contributed by atoms with E-state index in [1.807, 2.05) is 18.2 Å². The highest BCUT2D eigenvalue weighted by Gasteiger charge is 2.32. The lowest BCUT2D eigenvalue weighted by Crippen LogP contribution is -2.43. The minimum absolute atomic E-state index is 0.00919. The van der Waals surface area contributed by atoms with Crippen molar-refractivity contribution in [2.75, 3.05) is 24.5 Å². The van der Waals surface area contributed by atoms with Crippen LogP contribution in [0.2, 0.25) is 0 Å². The molecule has 1 amide bonds. The molecule has 22 heavy (non-hydrogen) atoms. The molecule has 2 saturated heterocycles. The van der Waals surface area contributed by atoms with Gasteiger partial charge in [0.1, 0.15) is 6.10 Å². The second-order valence-corrected chi connectivity index (χ2v) is 6.81. The first-order valence-electron chi connectivity index (χ1n) is 7.82. The number of hydrogen-bond acceptors (Lipinski definition) is 4. The fraction of sp³-hybridized carbons (Fsp3) is 0.562. The molecule has 0 spiro atoms. The maximum Gasteiger partial charge on any atom is 0.249 e. The molecule has 2 heterocycles. The number of hydrogen-bond donors (Lipinski definition) is 2. The Morgan fingerprint density at radius 1 is 1.36 bits per heavy atom. The second kappa shape index (κ2) is 6.98. The summed E-state index contributed by atoms with van der Waals surface area (Å²) in [6, 6.07) is 8.36. The molecule has 1 aromatic rings. The molecule has 5 nitrogen and oxygen atoms in total. The molecule has 0 aromatic heterocycles. The Hall–Kier alpha value is -1.11. The van der Waals surface area contributed by atoms with Gasteiger partial charge in [0.2, 0.25) is 5.91 Å². The van der Waals surface area contributed by atoms with E-state index in [1.165, 1.54) is 5.69 Å². The Labute approximate surface area is 139 Å². The fourth-order valence-electron chi connectivity index (χ4n) is 3.17. The van der Waals surface area contributed by atoms with Crippen LogP contribution in [0.4, 0.5) is 5.69 Å². The third-order valence-corrected chi connectivity index (χ3v) is 5.06. The molecular weight excluding hydrogens is 346 g/mol. The number of para-hydroxylation sites is 1. The number of nitrogens with zero attached hydrogens (tertiary/aromatic N) is 1. The number of carbonyl (C=O) groups excluding carboxylic acids is 1. The van der Waals surface area contributed by atoms with Crippen molar-refractivity contribution in [2.45, 2.75) is 37.5 Å². The first-order valence-corrected chi connectivity index (χ1v) is 8.62. The van der Waals surface area contributed by atoms with Crippen LogP contribution in [0, 0.1) is 0 Å². The van der Waals surface area contributed by atoms with Crippen molar-refractivity contribution in [3.05, 3.63) is 28.7 Å². The Morgan fingerprint density at radius 3 is 2.91 bits per heavy atom. The van der Waals surface area contributed by atoms with E-state index >= 15 is 0 Å². The number of halogens is 1. The average Bonchev–Trinajstić information content (AvgIpc) is 3.16. The molecule has 0 bridgehead atoms. The van der Waals surface area contributed by atoms with Crippen LogP contribution in [0.15, 0.2) is 28.7 Å². The van der Waals surface area contributed by atoms with Gasteiger partial charge in [-0.1, -0.05) is 12.1 Å². The van der Waals surface area contributed by atoms with Gasteiger partial charge in [0, 0.05) is 30.1 Å². The van der Waals surface area contributed by atoms with E-state index in [-0.39, 0.29) is 24.2 Å². The molecule has 2 fully saturated rings. The van der Waals surface area contributed by atoms with Gasteiger partial charge in [-0.15, -0.1) is 0 Å². The standard InChI is InChI=1S/C16H22BrN3O2/c17-13-3-1-2-4-14(13)20-8-7-11(10-20)19-16(21)15-6-5-12(9-18)22-15/h1-4,11-12,15H,5-10,18H2,(H,19,21)/t11?,12-,15+/m1/s1. The quantitative estimate of drug-likeness (QED) is 0.848. The predicted octanol–water partition coefficient (Wildman–Crippen LogP) is 1.65. The maximum atomic E-state index is 12.3. The van der Waals surface area contributed by atoms with Gasteiger partial charge in [0.05, 0.1) is 11.8 Å². The van der Waals surface area contributed by atoms with Crippen LogP contribution in [0.3, 0.4) is 0 Å². The minimum atomic E-state index is -0.328. The molecule has 0 radical (unpaired) electrons. The Kier molecular flexibility index (Phi) is 5.00. The monoisotopic (exact) mass is 367 g/mol. The van der Waals surface area contributed by atoms with Gasteiger partial charge in [0.15, 0.2) is 0 Å². The highest BCUT2D eigenvalue weighted by Crippen LogP contribution is 2.28. The van der Waals surface area contributed by atoms with Crippen LogP contribution in [0.25, 0.3) is 0 Å². The lowest BCUT2D eigenvalue weighted by Gasteiger charge is -2.21. The summed E-state index contributed by atoms with van der Waals surface area (Å²) in [6.45, 7) is 2.27. The molecule has 3 rings (SSSR count). The number of ether oxygens (including phenoxy) is 1. The topological polar surface area (TPSA) is 67.6 Å². The summed E-state index contributed by atoms with van der Waals surface area (Å²) in [4.78, 5) is 14.6. The Balaban J connectivity index is 1.53. The van der Waals surface area contributed by atoms with Crippen LogP contribution in [0.5, 0.6) is 0 Å². The fourth-order valence-corrected chi connectivity index (χ4v) is 3.71. The largest absolute Gasteiger partial charge is 0.368 e. The van der Waals surface area contributed by atoms with Gasteiger partial charge in [0.25, 0.3) is 0 Å². The lowest BCUT2D eigenvalue weighted by molar-refractivity contribution is -0.132. The normalized spacial score (nSPS) is 28.1. The molecule has 1 unspecified atom stereocenters. The van der Waals surface area contributed by atoms with Crippen molar-refractivity contribution >= 4 is 27.5 Å². The number of amides is 1. The molecule has 2 aliphatic heterocycles. The van der Waals surface area contributed by atoms with E-state index < -0.39 is 0 Å². The first kappa shape index (κ1) is 15.8. The Bertz CT molecular complexity index is 540. The summed E-state index contributed by atoms with van der Waals surface area (Å²) in [5.41, 5.74) is 6.77. The highest BCUT2D eigenvalue weighted by atomic mass is 79.9. The van der Waals surface area contributed by atoms with E-state index in [0.29, 0.717) is 6.54 Å². The molecule has 0 saturated carbocycles. The van der Waals surface area contributed by atoms with E-state index in [9.17, 15) is 4.79 Å². The summed E-state index contributed by atoms with van der Waals surface area (Å²) in [6.07, 6.45) is 2.32. The van der Waals surface area contributed by atoms with Gasteiger partial charge < -0.3 is 20.7 Å². The molecule has 3 atom stereocenters. The zero-order valence-corrected chi connectivity index (χ0v) is 14.1. The number of carbonyl (C=O) groups is 1. The molecule has 0 aliphatic carbocycles. The number of benzene rings is 1. The van der Waals surface area contributed by atoms with E-state index in [4.69, 9.17) is 10.5 Å². The molecule has 120 valence electrons. The number of nitrogens with one attached hydrogen (secondary N) is 1. The van der Waals surface area contributed by atoms with Crippen molar-refractivity contribution in [2.24, 2.45) is 5.73 Å². The number of nitrogens with two attached hydrogens (primary N) is 1. The average molecular weight is 368 g/mol. The van der Waals surface area contributed by atoms with Crippen molar-refractivity contribution in [3.63, 3.8) is 0 Å². The van der Waals surface area contributed by atoms with E-state index in [0.717, 1.165) is 36.8 Å². The Morgan fingerprint density at radius 2 is 2.18 bits per heavy atom. The van der Waals surface area contributed by atoms with E-state index in [1.54, 1.807) is 0 Å². The van der Waals surface area contributed by atoms with Crippen molar-refractivity contribution in [3.8, 4) is 0 Å². The minimum Gasteiger partial charge on any atom is -0.368 e. The summed E-state index contributed by atoms with van der Waals surface area (Å²) in [7, 11) is 0. The lowest BCUT2D eigenvalue weighted by atomic mass is 10.1. The van der Waals surface area contributed by atoms with Gasteiger partial charge in [-0.3, -0.25) is 4.79 Å². The molecular formula is C16H22BrN3O2. The van der Waals surface area contributed by atoms with Crippen molar-refractivity contribution in [1.29, 1.82) is 0 Å². The number of rotatable bonds is 4. The van der Waals surface area contributed by atoms with E-state index in [2.05, 4.69) is 32.2 Å². The zero-order chi connectivity index (χ0) is 15.5. The molecule has 6 heteroatoms. The van der Waals surface area contributed by atoms with Gasteiger partial charge >= 0.3 is 0 Å². The van der Waals surface area contributed by atoms with Crippen LogP contribution < -0.4 is 16.0 Å². The van der Waals surface area contributed by atoms with Gasteiger partial charge in [-0.2, -0.15) is 0 Å². The zero-order valence-electron chi connectivity index (χ0n) is 12.5. The highest BCUT2D eigenvalue weighted by molar-refractivity contribution is 9.10. The van der Waals surface area contributed by atoms with Gasteiger partial charge in [-0.25, -0.2) is 0 Å². The second-order valence-electron chi connectivity index (χ2n) is 5.95. The smallest absolute Gasteiger partial charge is 0.249 e.